The molecule has 4 N–H and O–H groups in total. The van der Waals surface area contributed by atoms with Gasteiger partial charge in [0.15, 0.2) is 17.5 Å². The van der Waals surface area contributed by atoms with Crippen LogP contribution in [-0.2, 0) is 4.79 Å². The zero-order valence-corrected chi connectivity index (χ0v) is 20.7. The molecule has 6 heterocycles. The summed E-state index contributed by atoms with van der Waals surface area (Å²) in [7, 11) is 0. The van der Waals surface area contributed by atoms with Gasteiger partial charge in [-0.1, -0.05) is 18.9 Å². The highest BCUT2D eigenvalue weighted by Gasteiger charge is 2.25. The van der Waals surface area contributed by atoms with Crippen LogP contribution in [0.4, 0.5) is 15.9 Å². The average molecular weight is 523 g/mol. The minimum absolute atomic E-state index is 0.00520. The molecule has 1 aliphatic heterocycles. The first kappa shape index (κ1) is 23.1. The van der Waals surface area contributed by atoms with Crippen LogP contribution < -0.4 is 10.6 Å². The van der Waals surface area contributed by atoms with Gasteiger partial charge < -0.3 is 20.0 Å². The standard InChI is InChI=1S/C28H23FN8O2/c29-22-21-20(13-32-23(22)17-10-18(12-30-11-17)33-28(38)15-4-1-2-5-15)36-37-25(21)27-34-24-19(16-7-9-39-14-16)6-3-8-31-26(24)35-27/h3,6-15,31H,1-2,4-5H2,(H,33,38)(H,34,35)(H,36,37). The van der Waals surface area contributed by atoms with E-state index in [9.17, 15) is 4.79 Å². The summed E-state index contributed by atoms with van der Waals surface area (Å²) in [6.07, 6.45) is 17.3. The molecule has 5 aromatic rings. The first-order valence-electron chi connectivity index (χ1n) is 12.7. The summed E-state index contributed by atoms with van der Waals surface area (Å²) >= 11 is 0. The minimum Gasteiger partial charge on any atom is -0.472 e. The Kier molecular flexibility index (Phi) is 5.54. The third kappa shape index (κ3) is 4.08. The Morgan fingerprint density at radius 1 is 1.13 bits per heavy atom. The van der Waals surface area contributed by atoms with Crippen LogP contribution in [0, 0.1) is 11.7 Å². The largest absolute Gasteiger partial charge is 0.472 e. The van der Waals surface area contributed by atoms with Crippen LogP contribution in [0.3, 0.4) is 0 Å². The van der Waals surface area contributed by atoms with Crippen molar-refractivity contribution in [1.29, 1.82) is 0 Å². The number of pyridine rings is 2. The number of anilines is 2. The number of hydrogen-bond donors (Lipinski definition) is 4. The second kappa shape index (κ2) is 9.35. The molecule has 5 aromatic heterocycles. The molecule has 1 aliphatic carbocycles. The number of allylic oxidation sites excluding steroid dienone is 2. The molecular formula is C28H23FN8O2. The molecule has 1 amide bonds. The molecular weight excluding hydrogens is 499 g/mol. The Hall–Kier alpha value is -5.06. The lowest BCUT2D eigenvalue weighted by molar-refractivity contribution is -0.119. The van der Waals surface area contributed by atoms with Gasteiger partial charge in [-0.25, -0.2) is 9.37 Å². The summed E-state index contributed by atoms with van der Waals surface area (Å²) in [5.74, 6) is 0.368. The van der Waals surface area contributed by atoms with Crippen molar-refractivity contribution in [3.05, 3.63) is 78.7 Å². The van der Waals surface area contributed by atoms with Gasteiger partial charge in [0.1, 0.15) is 11.4 Å². The average Bonchev–Trinajstić information content (AvgIpc) is 3.76. The van der Waals surface area contributed by atoms with Crippen molar-refractivity contribution in [2.75, 3.05) is 10.6 Å². The van der Waals surface area contributed by atoms with Gasteiger partial charge >= 0.3 is 0 Å². The quantitative estimate of drug-likeness (QED) is 0.234. The maximum Gasteiger partial charge on any atom is 0.227 e. The number of nitrogens with zero attached hydrogens (tertiary/aromatic N) is 4. The second-order valence-corrected chi connectivity index (χ2v) is 9.62. The van der Waals surface area contributed by atoms with Crippen molar-refractivity contribution in [3.63, 3.8) is 0 Å². The summed E-state index contributed by atoms with van der Waals surface area (Å²) in [4.78, 5) is 29.1. The lowest BCUT2D eigenvalue weighted by Gasteiger charge is -2.11. The Labute approximate surface area is 221 Å². The van der Waals surface area contributed by atoms with Gasteiger partial charge in [-0.3, -0.25) is 19.9 Å². The molecule has 2 aliphatic rings. The summed E-state index contributed by atoms with van der Waals surface area (Å²) in [6, 6.07) is 3.54. The predicted octanol–water partition coefficient (Wildman–Crippen LogP) is 5.64. The van der Waals surface area contributed by atoms with Gasteiger partial charge in [0.25, 0.3) is 0 Å². The zero-order valence-electron chi connectivity index (χ0n) is 20.7. The van der Waals surface area contributed by atoms with Crippen LogP contribution in [0.2, 0.25) is 0 Å². The smallest absolute Gasteiger partial charge is 0.227 e. The van der Waals surface area contributed by atoms with E-state index in [1.54, 1.807) is 31.0 Å². The van der Waals surface area contributed by atoms with Gasteiger partial charge in [-0.15, -0.1) is 0 Å². The van der Waals surface area contributed by atoms with Crippen LogP contribution in [0.15, 0.2) is 66.0 Å². The molecule has 7 rings (SSSR count). The summed E-state index contributed by atoms with van der Waals surface area (Å²) in [5, 5.41) is 13.5. The SMILES string of the molecule is O=C(Nc1cncc(-c2ncc3[nH]nc(-c4nc5c([nH]4)C(c4ccoc4)=CC=CN5)c3c2F)c1)C1CCCC1. The van der Waals surface area contributed by atoms with Gasteiger partial charge in [-0.05, 0) is 31.1 Å². The molecule has 194 valence electrons. The highest BCUT2D eigenvalue weighted by atomic mass is 19.1. The topological polar surface area (TPSA) is 137 Å². The van der Waals surface area contributed by atoms with Crippen molar-refractivity contribution in [1.82, 2.24) is 30.1 Å². The van der Waals surface area contributed by atoms with Crippen molar-refractivity contribution in [2.24, 2.45) is 5.92 Å². The molecule has 0 radical (unpaired) electrons. The number of carbonyl (C=O) groups is 1. The highest BCUT2D eigenvalue weighted by molar-refractivity contribution is 5.96. The molecule has 0 bridgehead atoms. The highest BCUT2D eigenvalue weighted by Crippen LogP contribution is 2.36. The van der Waals surface area contributed by atoms with Crippen LogP contribution in [0.25, 0.3) is 39.3 Å². The van der Waals surface area contributed by atoms with Crippen molar-refractivity contribution in [2.45, 2.75) is 25.7 Å². The normalized spacial score (nSPS) is 15.2. The molecule has 10 nitrogen and oxygen atoms in total. The Morgan fingerprint density at radius 3 is 2.87 bits per heavy atom. The number of aromatic amines is 2. The van der Waals surface area contributed by atoms with E-state index in [2.05, 4.69) is 40.8 Å². The molecule has 11 heteroatoms. The van der Waals surface area contributed by atoms with Crippen LogP contribution in [0.1, 0.15) is 36.9 Å². The monoisotopic (exact) mass is 522 g/mol. The maximum atomic E-state index is 16.1. The number of rotatable bonds is 5. The van der Waals surface area contributed by atoms with Crippen molar-refractivity contribution >= 4 is 33.9 Å². The van der Waals surface area contributed by atoms with E-state index in [-0.39, 0.29) is 22.9 Å². The number of hydrogen-bond acceptors (Lipinski definition) is 7. The van der Waals surface area contributed by atoms with Crippen molar-refractivity contribution in [3.8, 4) is 22.8 Å². The number of imidazole rings is 1. The number of H-pyrrole nitrogens is 2. The lowest BCUT2D eigenvalue weighted by Crippen LogP contribution is -2.20. The number of amides is 1. The molecule has 0 aromatic carbocycles. The first-order valence-corrected chi connectivity index (χ1v) is 12.7. The number of carbonyl (C=O) groups excluding carboxylic acids is 1. The Bertz CT molecular complexity index is 1760. The minimum atomic E-state index is -0.567. The summed E-state index contributed by atoms with van der Waals surface area (Å²) in [5.41, 5.74) is 4.24. The van der Waals surface area contributed by atoms with E-state index in [0.29, 0.717) is 34.1 Å². The number of fused-ring (bicyclic) bond motifs is 2. The van der Waals surface area contributed by atoms with Crippen LogP contribution >= 0.6 is 0 Å². The number of aromatic nitrogens is 6. The van der Waals surface area contributed by atoms with E-state index in [4.69, 9.17) is 4.42 Å². The van der Waals surface area contributed by atoms with Crippen LogP contribution in [-0.4, -0.2) is 36.0 Å². The van der Waals surface area contributed by atoms with Crippen molar-refractivity contribution < 1.29 is 13.6 Å². The fraction of sp³-hybridized carbons (Fsp3) is 0.179. The molecule has 0 unspecified atom stereocenters. The summed E-state index contributed by atoms with van der Waals surface area (Å²) in [6.45, 7) is 0. The van der Waals surface area contributed by atoms with Gasteiger partial charge in [-0.2, -0.15) is 5.10 Å². The summed E-state index contributed by atoms with van der Waals surface area (Å²) < 4.78 is 21.4. The third-order valence-electron chi connectivity index (χ3n) is 7.16. The molecule has 0 spiro atoms. The Morgan fingerprint density at radius 2 is 2.03 bits per heavy atom. The molecule has 0 atom stereocenters. The number of nitrogens with one attached hydrogen (secondary N) is 4. The number of halogens is 1. The van der Waals surface area contributed by atoms with Crippen LogP contribution in [0.5, 0.6) is 0 Å². The zero-order chi connectivity index (χ0) is 26.3. The van der Waals surface area contributed by atoms with Gasteiger partial charge in [0.05, 0.1) is 47.2 Å². The van der Waals surface area contributed by atoms with E-state index in [1.807, 2.05) is 18.2 Å². The molecule has 39 heavy (non-hydrogen) atoms. The lowest BCUT2D eigenvalue weighted by atomic mass is 10.1. The Balaban J connectivity index is 1.26. The predicted molar refractivity (Wildman–Crippen MR) is 144 cm³/mol. The fourth-order valence-electron chi connectivity index (χ4n) is 5.22. The van der Waals surface area contributed by atoms with Gasteiger partial charge in [0.2, 0.25) is 5.91 Å². The van der Waals surface area contributed by atoms with Gasteiger partial charge in [0, 0.05) is 35.0 Å². The third-order valence-corrected chi connectivity index (χ3v) is 7.16. The van der Waals surface area contributed by atoms with E-state index >= 15 is 4.39 Å². The maximum absolute atomic E-state index is 16.1. The molecule has 0 saturated heterocycles. The first-order chi connectivity index (χ1) is 19.2. The molecule has 1 fully saturated rings. The second-order valence-electron chi connectivity index (χ2n) is 9.62. The van der Waals surface area contributed by atoms with E-state index in [1.165, 1.54) is 12.4 Å². The molecule has 1 saturated carbocycles. The fourth-order valence-corrected chi connectivity index (χ4v) is 5.22. The van der Waals surface area contributed by atoms with E-state index < -0.39 is 5.82 Å². The number of furan rings is 1. The van der Waals surface area contributed by atoms with E-state index in [0.717, 1.165) is 42.5 Å².